The Hall–Kier alpha value is -1.12. The predicted octanol–water partition coefficient (Wildman–Crippen LogP) is -1.13. The van der Waals surface area contributed by atoms with Crippen molar-refractivity contribution in [2.24, 2.45) is 5.41 Å². The number of hydrogen-bond donors (Lipinski definition) is 3. The van der Waals surface area contributed by atoms with Gasteiger partial charge in [0.15, 0.2) is 11.6 Å². The number of aliphatic hydroxyl groups excluding tert-OH is 2. The molecule has 7 heteroatoms. The summed E-state index contributed by atoms with van der Waals surface area (Å²) in [6.45, 7) is 4.71. The Kier molecular flexibility index (Phi) is 2.74. The van der Waals surface area contributed by atoms with Crippen molar-refractivity contribution in [3.8, 4) is 0 Å². The molecule has 2 aliphatic heterocycles. The van der Waals surface area contributed by atoms with Crippen LogP contribution in [0.3, 0.4) is 0 Å². The molecule has 1 saturated carbocycles. The second-order valence-corrected chi connectivity index (χ2v) is 7.41. The maximum atomic E-state index is 12.5. The van der Waals surface area contributed by atoms with Gasteiger partial charge in [-0.2, -0.15) is 0 Å². The van der Waals surface area contributed by atoms with Gasteiger partial charge in [0.25, 0.3) is 0 Å². The number of ketones is 2. The van der Waals surface area contributed by atoms with Crippen LogP contribution in [0.5, 0.6) is 0 Å². The average Bonchev–Trinajstić information content (AvgIpc) is 3.23. The largest absolute Gasteiger partial charge is 0.390 e. The number of hydrogen-bond acceptors (Lipinski definition) is 7. The van der Waals surface area contributed by atoms with E-state index in [-0.39, 0.29) is 24.2 Å². The maximum absolute atomic E-state index is 12.5. The summed E-state index contributed by atoms with van der Waals surface area (Å²) < 4.78 is 11.4. The highest BCUT2D eigenvalue weighted by Crippen LogP contribution is 2.68. The fourth-order valence-corrected chi connectivity index (χ4v) is 5.04. The number of rotatable bonds is 1. The van der Waals surface area contributed by atoms with Gasteiger partial charge < -0.3 is 24.8 Å². The van der Waals surface area contributed by atoms with E-state index in [1.165, 1.54) is 13.8 Å². The molecule has 7 atom stereocenters. The Morgan fingerprint density at radius 3 is 2.48 bits per heavy atom. The Labute approximate surface area is 132 Å². The topological polar surface area (TPSA) is 117 Å². The van der Waals surface area contributed by atoms with Crippen molar-refractivity contribution in [3.63, 3.8) is 0 Å². The van der Waals surface area contributed by atoms with Gasteiger partial charge in [0.2, 0.25) is 0 Å². The van der Waals surface area contributed by atoms with Gasteiger partial charge in [-0.25, -0.2) is 0 Å². The van der Waals surface area contributed by atoms with E-state index in [9.17, 15) is 24.9 Å². The van der Waals surface area contributed by atoms with Crippen LogP contribution in [-0.4, -0.2) is 69.1 Å². The number of carbonyl (C=O) groups excluding carboxylic acids is 2. The maximum Gasteiger partial charge on any atom is 0.190 e. The van der Waals surface area contributed by atoms with E-state index in [1.807, 2.05) is 0 Å². The van der Waals surface area contributed by atoms with Crippen LogP contribution in [0.15, 0.2) is 11.1 Å². The van der Waals surface area contributed by atoms with Crippen LogP contribution in [0.2, 0.25) is 0 Å². The summed E-state index contributed by atoms with van der Waals surface area (Å²) >= 11 is 0. The lowest BCUT2D eigenvalue weighted by Crippen LogP contribution is -2.75. The molecule has 7 unspecified atom stereocenters. The van der Waals surface area contributed by atoms with Crippen LogP contribution in [0.4, 0.5) is 0 Å². The van der Waals surface area contributed by atoms with Gasteiger partial charge in [-0.3, -0.25) is 9.59 Å². The third kappa shape index (κ3) is 1.40. The summed E-state index contributed by atoms with van der Waals surface area (Å²) in [4.78, 5) is 24.5. The number of fused-ring (bicyclic) bond motifs is 2. The minimum Gasteiger partial charge on any atom is -0.390 e. The quantitative estimate of drug-likeness (QED) is 0.523. The molecule has 3 N–H and O–H groups in total. The molecule has 2 heterocycles. The number of ether oxygens (including phenoxy) is 2. The first-order chi connectivity index (χ1) is 10.6. The van der Waals surface area contributed by atoms with Crippen molar-refractivity contribution in [2.75, 3.05) is 6.61 Å². The van der Waals surface area contributed by atoms with Crippen LogP contribution in [0.1, 0.15) is 27.2 Å². The monoisotopic (exact) mass is 324 g/mol. The van der Waals surface area contributed by atoms with Crippen LogP contribution >= 0.6 is 0 Å². The molecule has 4 aliphatic rings. The van der Waals surface area contributed by atoms with Crippen LogP contribution < -0.4 is 0 Å². The van der Waals surface area contributed by atoms with Gasteiger partial charge in [-0.15, -0.1) is 0 Å². The van der Waals surface area contributed by atoms with Crippen LogP contribution in [0.25, 0.3) is 0 Å². The molecule has 0 aromatic rings. The Morgan fingerprint density at radius 1 is 1.35 bits per heavy atom. The number of Topliss-reactive ketones (excluding diaryl/α,β-unsaturated/α-hetero) is 2. The van der Waals surface area contributed by atoms with Crippen LogP contribution in [0, 0.1) is 5.41 Å². The minimum atomic E-state index is -2.02. The first-order valence-electron chi connectivity index (χ1n) is 7.75. The molecule has 7 nitrogen and oxygen atoms in total. The molecule has 2 aliphatic carbocycles. The van der Waals surface area contributed by atoms with E-state index in [4.69, 9.17) is 9.47 Å². The fraction of sp³-hybridized carbons (Fsp3) is 0.750. The SMILES string of the molecule is CC(=O)C1=C(C)C(=O)C(O)C2(O)C1OC1C(O)CC2(C)C12CO2. The minimum absolute atomic E-state index is 0.0728. The van der Waals surface area contributed by atoms with Gasteiger partial charge >= 0.3 is 0 Å². The Balaban J connectivity index is 1.97. The summed E-state index contributed by atoms with van der Waals surface area (Å²) in [6, 6.07) is 0. The second-order valence-electron chi connectivity index (χ2n) is 7.41. The van der Waals surface area contributed by atoms with Gasteiger partial charge in [0, 0.05) is 16.6 Å². The van der Waals surface area contributed by atoms with E-state index in [2.05, 4.69) is 0 Å². The lowest BCUT2D eigenvalue weighted by Gasteiger charge is -2.57. The average molecular weight is 324 g/mol. The molecule has 4 rings (SSSR count). The summed E-state index contributed by atoms with van der Waals surface area (Å²) in [7, 11) is 0. The van der Waals surface area contributed by atoms with Crippen molar-refractivity contribution in [2.45, 2.75) is 62.8 Å². The number of carbonyl (C=O) groups is 2. The van der Waals surface area contributed by atoms with E-state index >= 15 is 0 Å². The first kappa shape index (κ1) is 15.4. The molecular weight excluding hydrogens is 304 g/mol. The lowest BCUT2D eigenvalue weighted by molar-refractivity contribution is -0.270. The molecule has 2 bridgehead atoms. The zero-order valence-corrected chi connectivity index (χ0v) is 13.2. The molecule has 126 valence electrons. The molecular formula is C16H20O7. The molecule has 23 heavy (non-hydrogen) atoms. The van der Waals surface area contributed by atoms with E-state index < -0.39 is 52.6 Å². The van der Waals surface area contributed by atoms with Crippen LogP contribution in [-0.2, 0) is 19.1 Å². The fourth-order valence-electron chi connectivity index (χ4n) is 5.04. The third-order valence-corrected chi connectivity index (χ3v) is 6.46. The summed E-state index contributed by atoms with van der Waals surface area (Å²) in [6.07, 6.45) is -4.35. The summed E-state index contributed by atoms with van der Waals surface area (Å²) in [5, 5.41) is 32.4. The molecule has 0 aromatic heterocycles. The van der Waals surface area contributed by atoms with Gasteiger partial charge in [0.1, 0.15) is 29.5 Å². The van der Waals surface area contributed by atoms with Gasteiger partial charge in [-0.05, 0) is 20.3 Å². The molecule has 0 amide bonds. The van der Waals surface area contributed by atoms with E-state index in [0.29, 0.717) is 0 Å². The highest BCUT2D eigenvalue weighted by atomic mass is 16.6. The summed E-state index contributed by atoms with van der Waals surface area (Å²) in [5.41, 5.74) is -3.86. The van der Waals surface area contributed by atoms with Crippen molar-refractivity contribution in [3.05, 3.63) is 11.1 Å². The summed E-state index contributed by atoms with van der Waals surface area (Å²) in [5.74, 6) is -1.08. The smallest absolute Gasteiger partial charge is 0.190 e. The Bertz CT molecular complexity index is 663. The van der Waals surface area contributed by atoms with Gasteiger partial charge in [0.05, 0.1) is 12.7 Å². The molecule has 0 aromatic carbocycles. The standard InChI is InChI=1S/C16H20O7/c1-6-9(7(2)17)13-16(21,11(20)10(6)19)14(3)4-8(18)12(23-13)15(14)5-22-15/h8,11-13,18,20-21H,4-5H2,1-3H3. The van der Waals surface area contributed by atoms with Crippen molar-refractivity contribution in [1.82, 2.24) is 0 Å². The number of epoxide rings is 1. The predicted molar refractivity (Wildman–Crippen MR) is 75.4 cm³/mol. The van der Waals surface area contributed by atoms with Gasteiger partial charge in [-0.1, -0.05) is 6.92 Å². The normalized spacial score (nSPS) is 54.4. The second kappa shape index (κ2) is 4.10. The molecule has 0 radical (unpaired) electrons. The molecule has 3 fully saturated rings. The zero-order chi connectivity index (χ0) is 16.9. The van der Waals surface area contributed by atoms with E-state index in [0.717, 1.165) is 0 Å². The van der Waals surface area contributed by atoms with Crippen molar-refractivity contribution >= 4 is 11.6 Å². The Morgan fingerprint density at radius 2 is 1.96 bits per heavy atom. The van der Waals surface area contributed by atoms with E-state index in [1.54, 1.807) is 6.92 Å². The van der Waals surface area contributed by atoms with Crippen molar-refractivity contribution in [1.29, 1.82) is 0 Å². The lowest BCUT2D eigenvalue weighted by atomic mass is 9.55. The number of aliphatic hydroxyl groups is 3. The van der Waals surface area contributed by atoms with Crippen molar-refractivity contribution < 1.29 is 34.4 Å². The highest BCUT2D eigenvalue weighted by Gasteiger charge is 2.84. The molecule has 1 spiro atoms. The molecule has 2 saturated heterocycles. The highest BCUT2D eigenvalue weighted by molar-refractivity contribution is 6.10. The third-order valence-electron chi connectivity index (χ3n) is 6.46. The first-order valence-corrected chi connectivity index (χ1v) is 7.75. The zero-order valence-electron chi connectivity index (χ0n) is 13.2.